The van der Waals surface area contributed by atoms with Crippen molar-refractivity contribution >= 4 is 0 Å². The predicted octanol–water partition coefficient (Wildman–Crippen LogP) is 2.37. The van der Waals surface area contributed by atoms with E-state index in [1.54, 1.807) is 0 Å². The van der Waals surface area contributed by atoms with Gasteiger partial charge in [0.05, 0.1) is 0 Å². The highest BCUT2D eigenvalue weighted by Crippen LogP contribution is 2.36. The van der Waals surface area contributed by atoms with Gasteiger partial charge in [0.25, 0.3) is 0 Å². The minimum atomic E-state index is -0.0626. The Bertz CT molecular complexity index is 314. The lowest BCUT2D eigenvalue weighted by Gasteiger charge is -2.24. The summed E-state index contributed by atoms with van der Waals surface area (Å²) in [6.07, 6.45) is 7.66. The molecule has 1 aromatic rings. The van der Waals surface area contributed by atoms with E-state index in [9.17, 15) is 0 Å². The number of nitrogens with two attached hydrogens (primary N) is 1. The zero-order valence-corrected chi connectivity index (χ0v) is 8.79. The van der Waals surface area contributed by atoms with Gasteiger partial charge in [-0.25, -0.2) is 0 Å². The molecule has 76 valence electrons. The first kappa shape index (κ1) is 9.66. The summed E-state index contributed by atoms with van der Waals surface area (Å²) in [6, 6.07) is 4.25. The smallest absolute Gasteiger partial charge is 0.0410 e. The van der Waals surface area contributed by atoms with E-state index in [0.29, 0.717) is 0 Å². The van der Waals surface area contributed by atoms with Gasteiger partial charge in [-0.2, -0.15) is 0 Å². The number of pyridine rings is 1. The molecule has 0 amide bonds. The van der Waals surface area contributed by atoms with Crippen LogP contribution in [0.4, 0.5) is 0 Å². The van der Waals surface area contributed by atoms with Gasteiger partial charge in [-0.1, -0.05) is 19.8 Å². The maximum atomic E-state index is 6.38. The van der Waals surface area contributed by atoms with Crippen LogP contribution in [0.2, 0.25) is 0 Å². The number of aromatic nitrogens is 1. The number of aryl methyl sites for hydroxylation is 1. The van der Waals surface area contributed by atoms with Crippen molar-refractivity contribution in [1.29, 1.82) is 0 Å². The van der Waals surface area contributed by atoms with Crippen LogP contribution in [0.15, 0.2) is 18.3 Å². The lowest BCUT2D eigenvalue weighted by molar-refractivity contribution is 0.460. The second-order valence-corrected chi connectivity index (χ2v) is 4.25. The molecule has 0 spiro atoms. The van der Waals surface area contributed by atoms with Gasteiger partial charge in [-0.3, -0.25) is 4.98 Å². The Balaban J connectivity index is 2.30. The van der Waals surface area contributed by atoms with Crippen molar-refractivity contribution in [2.24, 2.45) is 5.73 Å². The standard InChI is InChI=1S/C12H18N2/c1-2-11-9-10(5-8-14-11)12(13)6-3-4-7-12/h5,8-9H,2-4,6-7,13H2,1H3. The Morgan fingerprint density at radius 2 is 2.14 bits per heavy atom. The maximum Gasteiger partial charge on any atom is 0.0410 e. The van der Waals surface area contributed by atoms with Crippen LogP contribution in [0.3, 0.4) is 0 Å². The summed E-state index contributed by atoms with van der Waals surface area (Å²) in [4.78, 5) is 4.30. The Labute approximate surface area is 85.5 Å². The second-order valence-electron chi connectivity index (χ2n) is 4.25. The van der Waals surface area contributed by atoms with Gasteiger partial charge in [-0.05, 0) is 37.0 Å². The normalized spacial score (nSPS) is 19.9. The topological polar surface area (TPSA) is 38.9 Å². The molecule has 1 saturated carbocycles. The summed E-state index contributed by atoms with van der Waals surface area (Å²) in [5.41, 5.74) is 8.75. The fourth-order valence-corrected chi connectivity index (χ4v) is 2.28. The van der Waals surface area contributed by atoms with Crippen molar-refractivity contribution in [3.05, 3.63) is 29.6 Å². The van der Waals surface area contributed by atoms with E-state index in [-0.39, 0.29) is 5.54 Å². The summed E-state index contributed by atoms with van der Waals surface area (Å²) < 4.78 is 0. The molecule has 0 atom stereocenters. The third kappa shape index (κ3) is 1.67. The van der Waals surface area contributed by atoms with Crippen LogP contribution < -0.4 is 5.73 Å². The number of nitrogens with zero attached hydrogens (tertiary/aromatic N) is 1. The third-order valence-electron chi connectivity index (χ3n) is 3.25. The highest BCUT2D eigenvalue weighted by atomic mass is 14.8. The molecule has 14 heavy (non-hydrogen) atoms. The average Bonchev–Trinajstić information content (AvgIpc) is 2.67. The molecule has 0 saturated heterocycles. The van der Waals surface area contributed by atoms with Gasteiger partial charge in [0.1, 0.15) is 0 Å². The van der Waals surface area contributed by atoms with E-state index >= 15 is 0 Å². The summed E-state index contributed by atoms with van der Waals surface area (Å²) >= 11 is 0. The van der Waals surface area contributed by atoms with Crippen LogP contribution >= 0.6 is 0 Å². The highest BCUT2D eigenvalue weighted by molar-refractivity contribution is 5.25. The first-order valence-electron chi connectivity index (χ1n) is 5.49. The van der Waals surface area contributed by atoms with E-state index in [1.807, 2.05) is 6.20 Å². The third-order valence-corrected chi connectivity index (χ3v) is 3.25. The van der Waals surface area contributed by atoms with E-state index in [0.717, 1.165) is 25.0 Å². The molecule has 2 nitrogen and oxygen atoms in total. The van der Waals surface area contributed by atoms with Crippen molar-refractivity contribution in [1.82, 2.24) is 4.98 Å². The summed E-state index contributed by atoms with van der Waals surface area (Å²) in [6.45, 7) is 2.13. The number of hydrogen-bond donors (Lipinski definition) is 1. The maximum absolute atomic E-state index is 6.38. The molecule has 0 aromatic carbocycles. The Morgan fingerprint density at radius 1 is 1.43 bits per heavy atom. The van der Waals surface area contributed by atoms with Crippen LogP contribution in [-0.4, -0.2) is 4.98 Å². The van der Waals surface area contributed by atoms with Crippen LogP contribution in [-0.2, 0) is 12.0 Å². The molecular weight excluding hydrogens is 172 g/mol. The Morgan fingerprint density at radius 3 is 2.79 bits per heavy atom. The second kappa shape index (κ2) is 3.70. The fourth-order valence-electron chi connectivity index (χ4n) is 2.28. The molecule has 0 aliphatic heterocycles. The molecule has 2 heteroatoms. The van der Waals surface area contributed by atoms with E-state index in [2.05, 4.69) is 24.0 Å². The molecule has 1 aromatic heterocycles. The van der Waals surface area contributed by atoms with Gasteiger partial charge in [0, 0.05) is 17.4 Å². The summed E-state index contributed by atoms with van der Waals surface area (Å²) in [7, 11) is 0. The van der Waals surface area contributed by atoms with E-state index < -0.39 is 0 Å². The SMILES string of the molecule is CCc1cc(C2(N)CCCC2)ccn1. The summed E-state index contributed by atoms with van der Waals surface area (Å²) in [5, 5.41) is 0. The molecule has 0 radical (unpaired) electrons. The molecule has 2 N–H and O–H groups in total. The molecule has 0 bridgehead atoms. The van der Waals surface area contributed by atoms with Crippen LogP contribution in [0.1, 0.15) is 43.9 Å². The quantitative estimate of drug-likeness (QED) is 0.777. The molecule has 1 heterocycles. The van der Waals surface area contributed by atoms with Crippen LogP contribution in [0, 0.1) is 0 Å². The zero-order valence-electron chi connectivity index (χ0n) is 8.79. The Hall–Kier alpha value is -0.890. The molecule has 1 fully saturated rings. The molecule has 1 aliphatic carbocycles. The lowest BCUT2D eigenvalue weighted by Crippen LogP contribution is -2.33. The van der Waals surface area contributed by atoms with E-state index in [1.165, 1.54) is 18.4 Å². The predicted molar refractivity (Wildman–Crippen MR) is 57.9 cm³/mol. The molecular formula is C12H18N2. The van der Waals surface area contributed by atoms with Gasteiger partial charge in [-0.15, -0.1) is 0 Å². The largest absolute Gasteiger partial charge is 0.321 e. The zero-order chi connectivity index (χ0) is 10.0. The van der Waals surface area contributed by atoms with Crippen LogP contribution in [0.5, 0.6) is 0 Å². The molecule has 0 unspecified atom stereocenters. The minimum absolute atomic E-state index is 0.0626. The van der Waals surface area contributed by atoms with Crippen molar-refractivity contribution in [2.45, 2.75) is 44.6 Å². The first-order valence-corrected chi connectivity index (χ1v) is 5.49. The number of rotatable bonds is 2. The van der Waals surface area contributed by atoms with Crippen molar-refractivity contribution in [3.8, 4) is 0 Å². The first-order chi connectivity index (χ1) is 6.74. The summed E-state index contributed by atoms with van der Waals surface area (Å²) in [5.74, 6) is 0. The minimum Gasteiger partial charge on any atom is -0.321 e. The number of hydrogen-bond acceptors (Lipinski definition) is 2. The Kier molecular flexibility index (Phi) is 2.55. The fraction of sp³-hybridized carbons (Fsp3) is 0.583. The van der Waals surface area contributed by atoms with E-state index in [4.69, 9.17) is 5.73 Å². The van der Waals surface area contributed by atoms with Crippen LogP contribution in [0.25, 0.3) is 0 Å². The van der Waals surface area contributed by atoms with Gasteiger partial charge in [0.15, 0.2) is 0 Å². The van der Waals surface area contributed by atoms with Gasteiger partial charge >= 0.3 is 0 Å². The van der Waals surface area contributed by atoms with Crippen molar-refractivity contribution < 1.29 is 0 Å². The average molecular weight is 190 g/mol. The van der Waals surface area contributed by atoms with Crippen molar-refractivity contribution in [2.75, 3.05) is 0 Å². The van der Waals surface area contributed by atoms with Gasteiger partial charge in [0.2, 0.25) is 0 Å². The molecule has 1 aliphatic rings. The highest BCUT2D eigenvalue weighted by Gasteiger charge is 2.31. The monoisotopic (exact) mass is 190 g/mol. The lowest BCUT2D eigenvalue weighted by atomic mass is 9.89. The van der Waals surface area contributed by atoms with Gasteiger partial charge < -0.3 is 5.73 Å². The molecule has 2 rings (SSSR count). The van der Waals surface area contributed by atoms with Crippen molar-refractivity contribution in [3.63, 3.8) is 0 Å².